The first-order valence-electron chi connectivity index (χ1n) is 16.9. The summed E-state index contributed by atoms with van der Waals surface area (Å²) >= 11 is 0. The highest BCUT2D eigenvalue weighted by Crippen LogP contribution is 2.39. The van der Waals surface area contributed by atoms with Crippen LogP contribution in [-0.4, -0.2) is 50.5 Å². The van der Waals surface area contributed by atoms with Crippen molar-refractivity contribution in [2.45, 2.75) is 25.7 Å². The van der Waals surface area contributed by atoms with Crippen LogP contribution in [0.25, 0.3) is 44.4 Å². The predicted molar refractivity (Wildman–Crippen MR) is 193 cm³/mol. The van der Waals surface area contributed by atoms with E-state index in [1.54, 1.807) is 12.4 Å². The average Bonchev–Trinajstić information content (AvgIpc) is 3.77. The third-order valence-electron chi connectivity index (χ3n) is 9.95. The van der Waals surface area contributed by atoms with Gasteiger partial charge in [0.1, 0.15) is 17.1 Å². The second-order valence-electron chi connectivity index (χ2n) is 13.2. The van der Waals surface area contributed by atoms with E-state index < -0.39 is 0 Å². The van der Waals surface area contributed by atoms with Crippen molar-refractivity contribution in [3.63, 3.8) is 0 Å². The van der Waals surface area contributed by atoms with Crippen LogP contribution >= 0.6 is 0 Å². The normalized spacial score (nSPS) is 14.3. The molecular formula is C41H36FN5O3. The molecule has 0 bridgehead atoms. The number of aromatic hydroxyl groups is 1. The number of H-pyrrole nitrogens is 1. The van der Waals surface area contributed by atoms with Gasteiger partial charge in [-0.2, -0.15) is 4.98 Å². The Labute approximate surface area is 288 Å². The molecule has 1 saturated heterocycles. The van der Waals surface area contributed by atoms with Crippen LogP contribution in [0.5, 0.6) is 5.75 Å². The van der Waals surface area contributed by atoms with Crippen molar-refractivity contribution in [3.05, 3.63) is 132 Å². The molecule has 3 N–H and O–H groups in total. The Hall–Kier alpha value is -5.96. The van der Waals surface area contributed by atoms with Gasteiger partial charge in [-0.05, 0) is 83.8 Å². The number of halogens is 1. The van der Waals surface area contributed by atoms with Gasteiger partial charge < -0.3 is 24.7 Å². The summed E-state index contributed by atoms with van der Waals surface area (Å²) in [7, 11) is 0. The van der Waals surface area contributed by atoms with Gasteiger partial charge in [0.15, 0.2) is 5.58 Å². The number of carbonyl (C=O) groups is 1. The van der Waals surface area contributed by atoms with E-state index in [-0.39, 0.29) is 22.9 Å². The monoisotopic (exact) mass is 665 g/mol. The highest BCUT2D eigenvalue weighted by molar-refractivity contribution is 5.89. The Balaban J connectivity index is 0.935. The Morgan fingerprint density at radius 2 is 1.68 bits per heavy atom. The molecule has 4 heterocycles. The van der Waals surface area contributed by atoms with Crippen LogP contribution < -0.4 is 5.32 Å². The van der Waals surface area contributed by atoms with Gasteiger partial charge in [-0.15, -0.1) is 0 Å². The van der Waals surface area contributed by atoms with Gasteiger partial charge in [0.25, 0.3) is 6.01 Å². The summed E-state index contributed by atoms with van der Waals surface area (Å²) in [5, 5.41) is 15.7. The molecule has 0 unspecified atom stereocenters. The van der Waals surface area contributed by atoms with Crippen molar-refractivity contribution >= 4 is 33.9 Å². The fraction of sp³-hybridized carbons (Fsp3) is 0.195. The molecule has 0 atom stereocenters. The molecule has 7 aromatic rings. The van der Waals surface area contributed by atoms with Crippen LogP contribution in [0.15, 0.2) is 120 Å². The Bertz CT molecular complexity index is 2220. The first kappa shape index (κ1) is 31.3. The number of oxazole rings is 1. The lowest BCUT2D eigenvalue weighted by molar-refractivity contribution is -0.132. The van der Waals surface area contributed by atoms with Crippen LogP contribution in [-0.2, 0) is 17.6 Å². The maximum Gasteiger partial charge on any atom is 0.295 e. The molecule has 50 heavy (non-hydrogen) atoms. The Morgan fingerprint density at radius 1 is 0.920 bits per heavy atom. The summed E-state index contributed by atoms with van der Waals surface area (Å²) in [6.07, 6.45) is 6.12. The summed E-state index contributed by atoms with van der Waals surface area (Å²) in [5.41, 5.74) is 7.35. The van der Waals surface area contributed by atoms with Gasteiger partial charge >= 0.3 is 0 Å². The number of amides is 1. The largest absolute Gasteiger partial charge is 0.507 e. The number of aromatic nitrogens is 3. The van der Waals surface area contributed by atoms with E-state index in [0.717, 1.165) is 69.2 Å². The number of piperidine rings is 1. The minimum Gasteiger partial charge on any atom is -0.507 e. The Kier molecular flexibility index (Phi) is 8.24. The van der Waals surface area contributed by atoms with E-state index in [9.17, 15) is 14.3 Å². The number of likely N-dealkylation sites (tertiary alicyclic amines) is 1. The van der Waals surface area contributed by atoms with Crippen LogP contribution in [0.4, 0.5) is 10.4 Å². The molecule has 1 fully saturated rings. The molecule has 1 amide bonds. The molecule has 0 radical (unpaired) electrons. The first-order chi connectivity index (χ1) is 24.4. The zero-order chi connectivity index (χ0) is 34.1. The molecule has 4 aromatic carbocycles. The molecule has 8 nitrogen and oxygen atoms in total. The number of phenolic OH excluding ortho intramolecular Hbond substituents is 1. The number of nitrogens with zero attached hydrogens (tertiary/aromatic N) is 3. The minimum atomic E-state index is -0.255. The number of carbonyl (C=O) groups excluding carboxylic acids is 1. The molecule has 3 aromatic heterocycles. The molecular weight excluding hydrogens is 629 g/mol. The number of rotatable bonds is 9. The lowest BCUT2D eigenvalue weighted by Gasteiger charge is -2.42. The number of benzene rings is 4. The topological polar surface area (TPSA) is 107 Å². The van der Waals surface area contributed by atoms with Crippen LogP contribution in [0.2, 0.25) is 0 Å². The highest BCUT2D eigenvalue weighted by atomic mass is 19.1. The van der Waals surface area contributed by atoms with Crippen molar-refractivity contribution in [1.82, 2.24) is 19.9 Å². The van der Waals surface area contributed by atoms with Crippen LogP contribution in [0.1, 0.15) is 24.0 Å². The minimum absolute atomic E-state index is 0.0817. The smallest absolute Gasteiger partial charge is 0.295 e. The van der Waals surface area contributed by atoms with Gasteiger partial charge in [0.2, 0.25) is 5.91 Å². The second kappa shape index (κ2) is 13.2. The number of nitrogens with one attached hydrogen (secondary N) is 2. The van der Waals surface area contributed by atoms with Gasteiger partial charge in [-0.3, -0.25) is 9.78 Å². The molecule has 250 valence electrons. The highest BCUT2D eigenvalue weighted by Gasteiger charge is 2.36. The summed E-state index contributed by atoms with van der Waals surface area (Å²) < 4.78 is 19.6. The molecule has 0 saturated carbocycles. The summed E-state index contributed by atoms with van der Waals surface area (Å²) in [4.78, 5) is 27.6. The standard InChI is InChI=1S/C41H36FN5O3/c42-31-14-10-28(11-15-31)24-41(26-44-40-46-34-6-1-2-7-37(34)50-40)17-20-47(21-18-41)38(48)22-27-8-12-29(13-9-27)32-4-3-5-33(39(32)49)35-23-30-16-19-43-25-36(30)45-35/h1-16,19,23,25,45,49H,17-18,20-22,24,26H2,(H,44,46). The van der Waals surface area contributed by atoms with Crippen molar-refractivity contribution in [1.29, 1.82) is 0 Å². The van der Waals surface area contributed by atoms with Crippen molar-refractivity contribution in [2.75, 3.05) is 25.0 Å². The van der Waals surface area contributed by atoms with Gasteiger partial charge in [-0.25, -0.2) is 4.39 Å². The lowest BCUT2D eigenvalue weighted by atomic mass is 9.73. The van der Waals surface area contributed by atoms with E-state index in [0.29, 0.717) is 37.6 Å². The molecule has 1 aliphatic heterocycles. The number of para-hydroxylation sites is 3. The van der Waals surface area contributed by atoms with Gasteiger partial charge in [-0.1, -0.05) is 60.7 Å². The fourth-order valence-corrected chi connectivity index (χ4v) is 7.09. The molecule has 0 aliphatic carbocycles. The van der Waals surface area contributed by atoms with Gasteiger partial charge in [0, 0.05) is 42.3 Å². The maximum absolute atomic E-state index is 13.7. The summed E-state index contributed by atoms with van der Waals surface area (Å²) in [6.45, 7) is 1.86. The van der Waals surface area contributed by atoms with Crippen molar-refractivity contribution < 1.29 is 18.7 Å². The van der Waals surface area contributed by atoms with E-state index >= 15 is 0 Å². The maximum atomic E-state index is 13.7. The second-order valence-corrected chi connectivity index (χ2v) is 13.2. The van der Waals surface area contributed by atoms with Crippen molar-refractivity contribution in [2.24, 2.45) is 5.41 Å². The number of aromatic amines is 1. The Morgan fingerprint density at radius 3 is 2.46 bits per heavy atom. The van der Waals surface area contributed by atoms with E-state index in [2.05, 4.69) is 20.3 Å². The first-order valence-corrected chi connectivity index (χ1v) is 16.9. The van der Waals surface area contributed by atoms with E-state index in [1.165, 1.54) is 12.1 Å². The van der Waals surface area contributed by atoms with Gasteiger partial charge in [0.05, 0.1) is 23.8 Å². The molecule has 0 spiro atoms. The quantitative estimate of drug-likeness (QED) is 0.143. The van der Waals surface area contributed by atoms with Crippen molar-refractivity contribution in [3.8, 4) is 28.1 Å². The average molecular weight is 666 g/mol. The number of anilines is 1. The molecule has 1 aliphatic rings. The zero-order valence-electron chi connectivity index (χ0n) is 27.4. The lowest BCUT2D eigenvalue weighted by Crippen LogP contribution is -2.47. The third kappa shape index (κ3) is 6.42. The predicted octanol–water partition coefficient (Wildman–Crippen LogP) is 8.39. The van der Waals surface area contributed by atoms with Crippen LogP contribution in [0.3, 0.4) is 0 Å². The third-order valence-corrected chi connectivity index (χ3v) is 9.95. The number of hydrogen-bond acceptors (Lipinski definition) is 6. The summed E-state index contributed by atoms with van der Waals surface area (Å²) in [5.74, 6) is 0.0200. The van der Waals surface area contributed by atoms with E-state index in [1.807, 2.05) is 95.9 Å². The SMILES string of the molecule is O=C(Cc1ccc(-c2cccc(-c3cc4ccncc4[nH]3)c2O)cc1)N1CCC(CNc2nc3ccccc3o2)(Cc2ccc(F)cc2)CC1. The molecule has 9 heteroatoms. The number of hydrogen-bond donors (Lipinski definition) is 3. The molecule has 8 rings (SSSR count). The summed E-state index contributed by atoms with van der Waals surface area (Å²) in [6, 6.07) is 32.3. The number of fused-ring (bicyclic) bond motifs is 2. The van der Waals surface area contributed by atoms with Crippen LogP contribution in [0, 0.1) is 11.2 Å². The van der Waals surface area contributed by atoms with E-state index in [4.69, 9.17) is 4.42 Å². The zero-order valence-corrected chi connectivity index (χ0v) is 27.4. The number of pyridine rings is 1. The number of phenols is 1. The fourth-order valence-electron chi connectivity index (χ4n) is 7.09.